The van der Waals surface area contributed by atoms with Crippen LogP contribution in [0, 0.1) is 0 Å². The zero-order valence-corrected chi connectivity index (χ0v) is 15.3. The normalized spacial score (nSPS) is 14.3. The van der Waals surface area contributed by atoms with Gasteiger partial charge in [-0.1, -0.05) is 11.6 Å². The molecule has 1 fully saturated rings. The third kappa shape index (κ3) is 5.28. The maximum absolute atomic E-state index is 11.6. The fourth-order valence-corrected chi connectivity index (χ4v) is 3.03. The molecule has 134 valence electrons. The number of halogens is 1. The molecule has 1 amide bonds. The number of ether oxygens (including phenoxy) is 2. The van der Waals surface area contributed by atoms with E-state index in [0.29, 0.717) is 37.0 Å². The summed E-state index contributed by atoms with van der Waals surface area (Å²) < 4.78 is 11.2. The van der Waals surface area contributed by atoms with Crippen LogP contribution in [0.5, 0.6) is 11.5 Å². The van der Waals surface area contributed by atoms with Crippen molar-refractivity contribution in [2.45, 2.75) is 39.7 Å². The molecule has 1 aromatic carbocycles. The van der Waals surface area contributed by atoms with Gasteiger partial charge in [0.15, 0.2) is 11.5 Å². The lowest BCUT2D eigenvalue weighted by atomic mass is 10.2. The van der Waals surface area contributed by atoms with Gasteiger partial charge in [0, 0.05) is 37.1 Å². The quantitative estimate of drug-likeness (QED) is 0.655. The van der Waals surface area contributed by atoms with E-state index in [-0.39, 0.29) is 5.91 Å². The monoisotopic (exact) mass is 354 g/mol. The molecule has 0 saturated carbocycles. The highest BCUT2D eigenvalue weighted by molar-refractivity contribution is 6.31. The summed E-state index contributed by atoms with van der Waals surface area (Å²) in [5, 5.41) is 4.05. The molecule has 0 bridgehead atoms. The van der Waals surface area contributed by atoms with E-state index in [1.54, 1.807) is 0 Å². The summed E-state index contributed by atoms with van der Waals surface area (Å²) >= 11 is 6.34. The predicted molar refractivity (Wildman–Crippen MR) is 95.9 cm³/mol. The van der Waals surface area contributed by atoms with E-state index in [0.717, 1.165) is 43.8 Å². The molecule has 0 unspecified atom stereocenters. The number of hydrogen-bond donors (Lipinski definition) is 1. The minimum Gasteiger partial charge on any atom is -0.490 e. The van der Waals surface area contributed by atoms with Gasteiger partial charge >= 0.3 is 0 Å². The second kappa shape index (κ2) is 9.74. The van der Waals surface area contributed by atoms with Gasteiger partial charge in [-0.15, -0.1) is 0 Å². The van der Waals surface area contributed by atoms with E-state index in [1.165, 1.54) is 0 Å². The summed E-state index contributed by atoms with van der Waals surface area (Å²) in [5.74, 6) is 1.69. The van der Waals surface area contributed by atoms with Crippen LogP contribution in [0.15, 0.2) is 12.1 Å². The summed E-state index contributed by atoms with van der Waals surface area (Å²) in [6.07, 6.45) is 2.64. The standard InChI is InChI=1S/C18H27ClN2O3/c1-3-23-16-11-14(15(19)12-17(16)24-4-2)13-20-8-6-10-21-9-5-7-18(21)22/h11-12,20H,3-10,13H2,1-2H3. The van der Waals surface area contributed by atoms with Gasteiger partial charge in [0.05, 0.1) is 13.2 Å². The summed E-state index contributed by atoms with van der Waals surface area (Å²) in [5.41, 5.74) is 0.987. The first-order chi connectivity index (χ1) is 11.7. The predicted octanol–water partition coefficient (Wildman–Crippen LogP) is 3.24. The molecule has 6 heteroatoms. The number of benzene rings is 1. The van der Waals surface area contributed by atoms with Crippen LogP contribution in [0.4, 0.5) is 0 Å². The van der Waals surface area contributed by atoms with Crippen molar-refractivity contribution in [3.05, 3.63) is 22.7 Å². The van der Waals surface area contributed by atoms with Gasteiger partial charge in [-0.3, -0.25) is 4.79 Å². The highest BCUT2D eigenvalue weighted by atomic mass is 35.5. The van der Waals surface area contributed by atoms with Crippen LogP contribution in [0.2, 0.25) is 5.02 Å². The molecule has 24 heavy (non-hydrogen) atoms. The Bertz CT molecular complexity index is 551. The number of amides is 1. The van der Waals surface area contributed by atoms with Crippen LogP contribution < -0.4 is 14.8 Å². The molecular weight excluding hydrogens is 328 g/mol. The Labute approximate surface area is 149 Å². The lowest BCUT2D eigenvalue weighted by Crippen LogP contribution is -2.28. The van der Waals surface area contributed by atoms with Crippen molar-refractivity contribution in [3.8, 4) is 11.5 Å². The van der Waals surface area contributed by atoms with Crippen molar-refractivity contribution >= 4 is 17.5 Å². The van der Waals surface area contributed by atoms with Crippen LogP contribution in [0.1, 0.15) is 38.7 Å². The number of nitrogens with zero attached hydrogens (tertiary/aromatic N) is 1. The first-order valence-corrected chi connectivity index (χ1v) is 9.10. The fourth-order valence-electron chi connectivity index (χ4n) is 2.81. The molecule has 1 heterocycles. The smallest absolute Gasteiger partial charge is 0.222 e. The van der Waals surface area contributed by atoms with Crippen molar-refractivity contribution in [1.82, 2.24) is 10.2 Å². The number of carbonyl (C=O) groups excluding carboxylic acids is 1. The maximum atomic E-state index is 11.6. The Kier molecular flexibility index (Phi) is 7.66. The molecular formula is C18H27ClN2O3. The summed E-state index contributed by atoms with van der Waals surface area (Å²) in [6, 6.07) is 3.75. The highest BCUT2D eigenvalue weighted by Gasteiger charge is 2.18. The van der Waals surface area contributed by atoms with E-state index in [2.05, 4.69) is 5.32 Å². The molecule has 0 spiro atoms. The van der Waals surface area contributed by atoms with Crippen LogP contribution in [-0.4, -0.2) is 43.7 Å². The minimum atomic E-state index is 0.283. The first kappa shape index (κ1) is 18.9. The lowest BCUT2D eigenvalue weighted by molar-refractivity contribution is -0.127. The Morgan fingerprint density at radius 3 is 2.54 bits per heavy atom. The molecule has 1 saturated heterocycles. The van der Waals surface area contributed by atoms with Crippen molar-refractivity contribution in [2.75, 3.05) is 32.8 Å². The molecule has 1 aliphatic heterocycles. The molecule has 2 rings (SSSR count). The van der Waals surface area contributed by atoms with Gasteiger partial charge in [0.25, 0.3) is 0 Å². The summed E-state index contributed by atoms with van der Waals surface area (Å²) in [6.45, 7) is 8.28. The number of carbonyl (C=O) groups is 1. The van der Waals surface area contributed by atoms with E-state index in [4.69, 9.17) is 21.1 Å². The van der Waals surface area contributed by atoms with E-state index in [9.17, 15) is 4.79 Å². The fraction of sp³-hybridized carbons (Fsp3) is 0.611. The molecule has 0 atom stereocenters. The largest absolute Gasteiger partial charge is 0.490 e. The second-order valence-electron chi connectivity index (χ2n) is 5.77. The molecule has 1 N–H and O–H groups in total. The third-order valence-corrected chi connectivity index (χ3v) is 4.33. The molecule has 0 aromatic heterocycles. The first-order valence-electron chi connectivity index (χ1n) is 8.72. The SMILES string of the molecule is CCOc1cc(Cl)c(CNCCCN2CCCC2=O)cc1OCC. The van der Waals surface area contributed by atoms with Gasteiger partial charge in [-0.25, -0.2) is 0 Å². The third-order valence-electron chi connectivity index (χ3n) is 3.98. The topological polar surface area (TPSA) is 50.8 Å². The zero-order valence-electron chi connectivity index (χ0n) is 14.6. The van der Waals surface area contributed by atoms with Crippen LogP contribution in [-0.2, 0) is 11.3 Å². The average molecular weight is 355 g/mol. The molecule has 1 aromatic rings. The van der Waals surface area contributed by atoms with Crippen molar-refractivity contribution in [1.29, 1.82) is 0 Å². The van der Waals surface area contributed by atoms with Crippen LogP contribution in [0.25, 0.3) is 0 Å². The van der Waals surface area contributed by atoms with Crippen LogP contribution >= 0.6 is 11.6 Å². The lowest BCUT2D eigenvalue weighted by Gasteiger charge is -2.16. The zero-order chi connectivity index (χ0) is 17.4. The molecule has 0 radical (unpaired) electrons. The van der Waals surface area contributed by atoms with Crippen molar-refractivity contribution < 1.29 is 14.3 Å². The summed E-state index contributed by atoms with van der Waals surface area (Å²) in [4.78, 5) is 13.5. The van der Waals surface area contributed by atoms with E-state index < -0.39 is 0 Å². The van der Waals surface area contributed by atoms with E-state index >= 15 is 0 Å². The van der Waals surface area contributed by atoms with Crippen molar-refractivity contribution in [2.24, 2.45) is 0 Å². The Hall–Kier alpha value is -1.46. The van der Waals surface area contributed by atoms with E-state index in [1.807, 2.05) is 30.9 Å². The number of nitrogens with one attached hydrogen (secondary N) is 1. The number of rotatable bonds is 10. The van der Waals surface area contributed by atoms with Crippen LogP contribution in [0.3, 0.4) is 0 Å². The van der Waals surface area contributed by atoms with Gasteiger partial charge in [-0.05, 0) is 44.9 Å². The molecule has 5 nitrogen and oxygen atoms in total. The Morgan fingerprint density at radius 1 is 1.21 bits per heavy atom. The number of hydrogen-bond acceptors (Lipinski definition) is 4. The molecule has 0 aliphatic carbocycles. The second-order valence-corrected chi connectivity index (χ2v) is 6.18. The van der Waals surface area contributed by atoms with Gasteiger partial charge in [0.2, 0.25) is 5.91 Å². The Morgan fingerprint density at radius 2 is 1.92 bits per heavy atom. The maximum Gasteiger partial charge on any atom is 0.222 e. The van der Waals surface area contributed by atoms with Gasteiger partial charge < -0.3 is 19.7 Å². The van der Waals surface area contributed by atoms with Crippen molar-refractivity contribution in [3.63, 3.8) is 0 Å². The minimum absolute atomic E-state index is 0.283. The Balaban J connectivity index is 1.82. The van der Waals surface area contributed by atoms with Gasteiger partial charge in [-0.2, -0.15) is 0 Å². The summed E-state index contributed by atoms with van der Waals surface area (Å²) in [7, 11) is 0. The average Bonchev–Trinajstić information content (AvgIpc) is 2.96. The highest BCUT2D eigenvalue weighted by Crippen LogP contribution is 2.33. The van der Waals surface area contributed by atoms with Gasteiger partial charge in [0.1, 0.15) is 0 Å². The molecule has 1 aliphatic rings. The number of likely N-dealkylation sites (tertiary alicyclic amines) is 1.